The Labute approximate surface area is 134 Å². The quantitative estimate of drug-likeness (QED) is 0.719. The van der Waals surface area contributed by atoms with Gasteiger partial charge >= 0.3 is 0 Å². The first-order chi connectivity index (χ1) is 11.1. The number of aryl methyl sites for hydroxylation is 1. The summed E-state index contributed by atoms with van der Waals surface area (Å²) >= 11 is 0. The van der Waals surface area contributed by atoms with Crippen LogP contribution in [-0.2, 0) is 0 Å². The van der Waals surface area contributed by atoms with Gasteiger partial charge in [-0.15, -0.1) is 0 Å². The van der Waals surface area contributed by atoms with Crippen molar-refractivity contribution < 1.29 is 9.90 Å². The van der Waals surface area contributed by atoms with Gasteiger partial charge in [0.15, 0.2) is 0 Å². The normalized spacial score (nSPS) is 10.3. The number of amides is 1. The predicted octanol–water partition coefficient (Wildman–Crippen LogP) is 4.01. The number of rotatable bonds is 3. The van der Waals surface area contributed by atoms with Gasteiger partial charge in [-0.05, 0) is 48.9 Å². The molecule has 0 radical (unpaired) electrons. The highest BCUT2D eigenvalue weighted by atomic mass is 16.3. The second kappa shape index (κ2) is 6.32. The standard InChI is InChI=1S/C19H16N2O2/c1-13-10-11-20-17(12-13)14-6-8-15(9-7-14)19(23)21-16-4-2-3-5-18(16)22/h2-12,22H,1H3,(H,21,23). The first-order valence-electron chi connectivity index (χ1n) is 7.26. The number of hydrogen-bond acceptors (Lipinski definition) is 3. The van der Waals surface area contributed by atoms with Crippen molar-refractivity contribution in [2.24, 2.45) is 0 Å². The molecule has 0 unspecified atom stereocenters. The molecular formula is C19H16N2O2. The summed E-state index contributed by atoms with van der Waals surface area (Å²) in [5, 5.41) is 12.4. The number of benzene rings is 2. The average molecular weight is 304 g/mol. The van der Waals surface area contributed by atoms with Crippen LogP contribution in [0.5, 0.6) is 5.75 Å². The number of aromatic hydroxyl groups is 1. The second-order valence-corrected chi connectivity index (χ2v) is 5.27. The lowest BCUT2D eigenvalue weighted by molar-refractivity contribution is 0.102. The van der Waals surface area contributed by atoms with Crippen LogP contribution < -0.4 is 5.32 Å². The minimum Gasteiger partial charge on any atom is -0.506 e. The highest BCUT2D eigenvalue weighted by molar-refractivity contribution is 6.05. The number of nitrogens with zero attached hydrogens (tertiary/aromatic N) is 1. The van der Waals surface area contributed by atoms with Gasteiger partial charge in [0.05, 0.1) is 11.4 Å². The van der Waals surface area contributed by atoms with Gasteiger partial charge in [0.1, 0.15) is 5.75 Å². The molecule has 0 aliphatic carbocycles. The van der Waals surface area contributed by atoms with E-state index in [1.165, 1.54) is 6.07 Å². The van der Waals surface area contributed by atoms with E-state index in [1.54, 1.807) is 36.5 Å². The Bertz CT molecular complexity index is 842. The van der Waals surface area contributed by atoms with Gasteiger partial charge in [-0.3, -0.25) is 9.78 Å². The van der Waals surface area contributed by atoms with E-state index in [9.17, 15) is 9.90 Å². The number of nitrogens with one attached hydrogen (secondary N) is 1. The van der Waals surface area contributed by atoms with E-state index in [0.717, 1.165) is 16.8 Å². The lowest BCUT2D eigenvalue weighted by Gasteiger charge is -2.08. The van der Waals surface area contributed by atoms with E-state index in [0.29, 0.717) is 11.3 Å². The molecule has 0 saturated heterocycles. The number of hydrogen-bond donors (Lipinski definition) is 2. The highest BCUT2D eigenvalue weighted by Crippen LogP contribution is 2.23. The lowest BCUT2D eigenvalue weighted by atomic mass is 10.1. The van der Waals surface area contributed by atoms with Crippen molar-refractivity contribution >= 4 is 11.6 Å². The van der Waals surface area contributed by atoms with Gasteiger partial charge in [0.25, 0.3) is 5.91 Å². The van der Waals surface area contributed by atoms with Gasteiger partial charge in [-0.1, -0.05) is 24.3 Å². The molecule has 23 heavy (non-hydrogen) atoms. The molecule has 0 atom stereocenters. The van der Waals surface area contributed by atoms with E-state index in [1.807, 2.05) is 31.2 Å². The smallest absolute Gasteiger partial charge is 0.255 e. The van der Waals surface area contributed by atoms with Crippen molar-refractivity contribution in [3.63, 3.8) is 0 Å². The van der Waals surface area contributed by atoms with E-state index < -0.39 is 0 Å². The maximum atomic E-state index is 12.2. The first-order valence-corrected chi connectivity index (χ1v) is 7.26. The molecule has 0 fully saturated rings. The Morgan fingerprint density at radius 1 is 1.04 bits per heavy atom. The number of phenolic OH excluding ortho intramolecular Hbond substituents is 1. The molecule has 1 heterocycles. The van der Waals surface area contributed by atoms with Crippen molar-refractivity contribution in [1.29, 1.82) is 0 Å². The Hall–Kier alpha value is -3.14. The number of aromatic nitrogens is 1. The number of carbonyl (C=O) groups excluding carboxylic acids is 1. The highest BCUT2D eigenvalue weighted by Gasteiger charge is 2.09. The maximum Gasteiger partial charge on any atom is 0.255 e. The predicted molar refractivity (Wildman–Crippen MR) is 90.5 cm³/mol. The Morgan fingerprint density at radius 3 is 2.48 bits per heavy atom. The van der Waals surface area contributed by atoms with Crippen LogP contribution in [0.4, 0.5) is 5.69 Å². The number of para-hydroxylation sites is 2. The van der Waals surface area contributed by atoms with Crippen LogP contribution in [-0.4, -0.2) is 16.0 Å². The molecule has 2 aromatic carbocycles. The molecule has 2 N–H and O–H groups in total. The molecule has 0 bridgehead atoms. The molecule has 0 aliphatic rings. The van der Waals surface area contributed by atoms with Crippen LogP contribution in [0.2, 0.25) is 0 Å². The molecule has 3 aromatic rings. The summed E-state index contributed by atoms with van der Waals surface area (Å²) in [4.78, 5) is 16.6. The maximum absolute atomic E-state index is 12.2. The van der Waals surface area contributed by atoms with Crippen molar-refractivity contribution in [2.75, 3.05) is 5.32 Å². The zero-order valence-electron chi connectivity index (χ0n) is 12.7. The SMILES string of the molecule is Cc1ccnc(-c2ccc(C(=O)Nc3ccccc3O)cc2)c1. The van der Waals surface area contributed by atoms with Gasteiger partial charge < -0.3 is 10.4 Å². The van der Waals surface area contributed by atoms with Crippen LogP contribution in [0.3, 0.4) is 0 Å². The molecule has 0 spiro atoms. The summed E-state index contributed by atoms with van der Waals surface area (Å²) in [5.74, 6) is -0.225. The minimum absolute atomic E-state index is 0.0430. The summed E-state index contributed by atoms with van der Waals surface area (Å²) in [6.45, 7) is 2.01. The molecule has 1 aromatic heterocycles. The molecule has 3 rings (SSSR count). The summed E-state index contributed by atoms with van der Waals surface area (Å²) in [5.41, 5.74) is 3.87. The fraction of sp³-hybridized carbons (Fsp3) is 0.0526. The van der Waals surface area contributed by atoms with Gasteiger partial charge in [0, 0.05) is 17.3 Å². The Kier molecular flexibility index (Phi) is 4.06. The van der Waals surface area contributed by atoms with Crippen molar-refractivity contribution in [3.8, 4) is 17.0 Å². The molecule has 4 nitrogen and oxygen atoms in total. The fourth-order valence-electron chi connectivity index (χ4n) is 2.26. The number of carbonyl (C=O) groups is 1. The van der Waals surface area contributed by atoms with Gasteiger partial charge in [-0.2, -0.15) is 0 Å². The van der Waals surface area contributed by atoms with Crippen molar-refractivity contribution in [1.82, 2.24) is 4.98 Å². The summed E-state index contributed by atoms with van der Waals surface area (Å²) in [6.07, 6.45) is 1.77. The van der Waals surface area contributed by atoms with Crippen molar-refractivity contribution in [2.45, 2.75) is 6.92 Å². The summed E-state index contributed by atoms with van der Waals surface area (Å²) in [6, 6.07) is 17.8. The molecule has 0 saturated carbocycles. The van der Waals surface area contributed by atoms with Crippen LogP contribution in [0.15, 0.2) is 66.9 Å². The third-order valence-corrected chi connectivity index (χ3v) is 3.51. The second-order valence-electron chi connectivity index (χ2n) is 5.27. The van der Waals surface area contributed by atoms with Crippen LogP contribution in [0.1, 0.15) is 15.9 Å². The third kappa shape index (κ3) is 3.37. The zero-order chi connectivity index (χ0) is 16.2. The molecular weight excluding hydrogens is 288 g/mol. The fourth-order valence-corrected chi connectivity index (χ4v) is 2.26. The van der Waals surface area contributed by atoms with Crippen LogP contribution in [0, 0.1) is 6.92 Å². The molecule has 1 amide bonds. The van der Waals surface area contributed by atoms with Gasteiger partial charge in [0.2, 0.25) is 0 Å². The first kappa shape index (κ1) is 14.8. The zero-order valence-corrected chi connectivity index (χ0v) is 12.7. The Balaban J connectivity index is 1.79. The molecule has 4 heteroatoms. The number of phenols is 1. The number of anilines is 1. The molecule has 114 valence electrons. The lowest BCUT2D eigenvalue weighted by Crippen LogP contribution is -2.11. The minimum atomic E-state index is -0.268. The van der Waals surface area contributed by atoms with E-state index in [4.69, 9.17) is 0 Å². The monoisotopic (exact) mass is 304 g/mol. The van der Waals surface area contributed by atoms with Gasteiger partial charge in [-0.25, -0.2) is 0 Å². The average Bonchev–Trinajstić information content (AvgIpc) is 2.57. The number of pyridine rings is 1. The van der Waals surface area contributed by atoms with E-state index in [2.05, 4.69) is 10.3 Å². The third-order valence-electron chi connectivity index (χ3n) is 3.51. The Morgan fingerprint density at radius 2 is 1.78 bits per heavy atom. The van der Waals surface area contributed by atoms with Crippen molar-refractivity contribution in [3.05, 3.63) is 78.0 Å². The summed E-state index contributed by atoms with van der Waals surface area (Å²) < 4.78 is 0. The summed E-state index contributed by atoms with van der Waals surface area (Å²) in [7, 11) is 0. The topological polar surface area (TPSA) is 62.2 Å². The molecule has 0 aliphatic heterocycles. The largest absolute Gasteiger partial charge is 0.506 e. The van der Waals surface area contributed by atoms with E-state index >= 15 is 0 Å². The van der Waals surface area contributed by atoms with Crippen LogP contribution >= 0.6 is 0 Å². The van der Waals surface area contributed by atoms with E-state index in [-0.39, 0.29) is 11.7 Å². The van der Waals surface area contributed by atoms with Crippen LogP contribution in [0.25, 0.3) is 11.3 Å².